The molecule has 0 spiro atoms. The minimum Gasteiger partial charge on any atom is -0.238 e. The molecule has 1 aromatic rings. The van der Waals surface area contributed by atoms with Gasteiger partial charge in [-0.15, -0.1) is 0 Å². The average Bonchev–Trinajstić information content (AvgIpc) is 2.72. The highest BCUT2D eigenvalue weighted by Crippen LogP contribution is 2.14. The SMILES string of the molecule is c1ccc(CCCC2CCC[N]2)cc1. The predicted octanol–water partition coefficient (Wildman–Crippen LogP) is 2.78. The van der Waals surface area contributed by atoms with Crippen molar-refractivity contribution in [1.29, 1.82) is 0 Å². The van der Waals surface area contributed by atoms with Crippen LogP contribution in [0.3, 0.4) is 0 Å². The van der Waals surface area contributed by atoms with Gasteiger partial charge in [-0.25, -0.2) is 5.32 Å². The topological polar surface area (TPSA) is 14.1 Å². The van der Waals surface area contributed by atoms with Gasteiger partial charge in [0, 0.05) is 12.6 Å². The monoisotopic (exact) mass is 188 g/mol. The molecular weight excluding hydrogens is 170 g/mol. The second kappa shape index (κ2) is 5.16. The van der Waals surface area contributed by atoms with Crippen molar-refractivity contribution in [3.05, 3.63) is 35.9 Å². The van der Waals surface area contributed by atoms with Crippen LogP contribution in [-0.4, -0.2) is 12.6 Å². The Morgan fingerprint density at radius 2 is 2.07 bits per heavy atom. The molecule has 1 aliphatic heterocycles. The van der Waals surface area contributed by atoms with Gasteiger partial charge in [0.25, 0.3) is 0 Å². The highest BCUT2D eigenvalue weighted by Gasteiger charge is 2.14. The maximum atomic E-state index is 4.57. The molecule has 14 heavy (non-hydrogen) atoms. The van der Waals surface area contributed by atoms with Crippen molar-refractivity contribution in [3.63, 3.8) is 0 Å². The van der Waals surface area contributed by atoms with E-state index in [1.807, 2.05) is 0 Å². The number of hydrogen-bond donors (Lipinski definition) is 0. The number of nitrogens with zero attached hydrogens (tertiary/aromatic N) is 1. The summed E-state index contributed by atoms with van der Waals surface area (Å²) in [5.74, 6) is 0. The Balaban J connectivity index is 1.67. The Bertz CT molecular complexity index is 249. The summed E-state index contributed by atoms with van der Waals surface area (Å²) in [6.07, 6.45) is 6.44. The van der Waals surface area contributed by atoms with Gasteiger partial charge in [-0.1, -0.05) is 30.3 Å². The quantitative estimate of drug-likeness (QED) is 0.690. The molecule has 1 nitrogen and oxygen atoms in total. The van der Waals surface area contributed by atoms with Gasteiger partial charge in [-0.2, -0.15) is 0 Å². The third-order valence-corrected chi connectivity index (χ3v) is 2.93. The van der Waals surface area contributed by atoms with Crippen molar-refractivity contribution < 1.29 is 0 Å². The van der Waals surface area contributed by atoms with E-state index in [2.05, 4.69) is 35.6 Å². The van der Waals surface area contributed by atoms with E-state index in [9.17, 15) is 0 Å². The van der Waals surface area contributed by atoms with Crippen LogP contribution in [-0.2, 0) is 6.42 Å². The van der Waals surface area contributed by atoms with Crippen LogP contribution in [0.4, 0.5) is 0 Å². The zero-order valence-electron chi connectivity index (χ0n) is 8.65. The Morgan fingerprint density at radius 3 is 2.79 bits per heavy atom. The molecule has 1 heteroatoms. The molecular formula is C13H18N. The van der Waals surface area contributed by atoms with Crippen LogP contribution in [0.5, 0.6) is 0 Å². The Hall–Kier alpha value is -0.820. The lowest BCUT2D eigenvalue weighted by molar-refractivity contribution is 0.529. The standard InChI is InChI=1S/C13H18N/c1-2-6-12(7-3-1)8-4-9-13-10-5-11-14-13/h1-3,6-7,13H,4-5,8-11H2. The number of hydrogen-bond acceptors (Lipinski definition) is 0. The van der Waals surface area contributed by atoms with E-state index in [1.54, 1.807) is 0 Å². The third kappa shape index (κ3) is 2.85. The van der Waals surface area contributed by atoms with E-state index in [-0.39, 0.29) is 0 Å². The van der Waals surface area contributed by atoms with Crippen LogP contribution in [0.1, 0.15) is 31.2 Å². The van der Waals surface area contributed by atoms with Crippen LogP contribution in [0.15, 0.2) is 30.3 Å². The maximum Gasteiger partial charge on any atom is 0.0246 e. The molecule has 1 atom stereocenters. The number of rotatable bonds is 4. The fourth-order valence-corrected chi connectivity index (χ4v) is 2.11. The molecule has 1 unspecified atom stereocenters. The molecule has 1 aliphatic rings. The average molecular weight is 188 g/mol. The summed E-state index contributed by atoms with van der Waals surface area (Å²) < 4.78 is 0. The summed E-state index contributed by atoms with van der Waals surface area (Å²) >= 11 is 0. The lowest BCUT2D eigenvalue weighted by Gasteiger charge is -2.07. The van der Waals surface area contributed by atoms with E-state index in [0.717, 1.165) is 6.54 Å². The Morgan fingerprint density at radius 1 is 1.21 bits per heavy atom. The minimum absolute atomic E-state index is 0.679. The van der Waals surface area contributed by atoms with Crippen molar-refractivity contribution in [3.8, 4) is 0 Å². The molecule has 0 bridgehead atoms. The van der Waals surface area contributed by atoms with Gasteiger partial charge < -0.3 is 0 Å². The first kappa shape index (κ1) is 9.72. The van der Waals surface area contributed by atoms with Crippen molar-refractivity contribution in [2.45, 2.75) is 38.1 Å². The zero-order valence-corrected chi connectivity index (χ0v) is 8.65. The van der Waals surface area contributed by atoms with Gasteiger partial charge in [0.2, 0.25) is 0 Å². The molecule has 2 rings (SSSR count). The minimum atomic E-state index is 0.679. The van der Waals surface area contributed by atoms with Crippen LogP contribution >= 0.6 is 0 Å². The predicted molar refractivity (Wildman–Crippen MR) is 59.4 cm³/mol. The summed E-state index contributed by atoms with van der Waals surface area (Å²) in [7, 11) is 0. The molecule has 1 saturated heterocycles. The lowest BCUT2D eigenvalue weighted by atomic mass is 10.0. The van der Waals surface area contributed by atoms with E-state index < -0.39 is 0 Å². The number of benzene rings is 1. The molecule has 0 saturated carbocycles. The molecule has 1 fully saturated rings. The van der Waals surface area contributed by atoms with Crippen LogP contribution in [0.25, 0.3) is 0 Å². The first-order valence-corrected chi connectivity index (χ1v) is 5.66. The van der Waals surface area contributed by atoms with Crippen molar-refractivity contribution in [2.75, 3.05) is 6.54 Å². The molecule has 0 amide bonds. The van der Waals surface area contributed by atoms with Crippen molar-refractivity contribution >= 4 is 0 Å². The maximum absolute atomic E-state index is 4.57. The number of aryl methyl sites for hydroxylation is 1. The summed E-state index contributed by atoms with van der Waals surface area (Å²) in [5.41, 5.74) is 1.46. The van der Waals surface area contributed by atoms with E-state index in [1.165, 1.54) is 37.7 Å². The fourth-order valence-electron chi connectivity index (χ4n) is 2.11. The highest BCUT2D eigenvalue weighted by molar-refractivity contribution is 5.14. The first-order valence-electron chi connectivity index (χ1n) is 5.66. The second-order valence-electron chi connectivity index (χ2n) is 4.08. The van der Waals surface area contributed by atoms with Crippen molar-refractivity contribution in [2.24, 2.45) is 0 Å². The largest absolute Gasteiger partial charge is 0.238 e. The Labute approximate surface area is 86.5 Å². The smallest absolute Gasteiger partial charge is 0.0246 e. The van der Waals surface area contributed by atoms with E-state index >= 15 is 0 Å². The first-order chi connectivity index (χ1) is 6.95. The van der Waals surface area contributed by atoms with Crippen LogP contribution < -0.4 is 5.32 Å². The Kier molecular flexibility index (Phi) is 3.58. The molecule has 1 heterocycles. The summed E-state index contributed by atoms with van der Waals surface area (Å²) in [6.45, 7) is 1.11. The molecule has 1 radical (unpaired) electrons. The summed E-state index contributed by atoms with van der Waals surface area (Å²) in [6, 6.07) is 11.4. The van der Waals surface area contributed by atoms with Crippen LogP contribution in [0, 0.1) is 0 Å². The van der Waals surface area contributed by atoms with Gasteiger partial charge in [0.1, 0.15) is 0 Å². The second-order valence-corrected chi connectivity index (χ2v) is 4.08. The molecule has 0 aliphatic carbocycles. The fraction of sp³-hybridized carbons (Fsp3) is 0.538. The summed E-state index contributed by atoms with van der Waals surface area (Å²) in [5, 5.41) is 4.57. The molecule has 1 aromatic carbocycles. The van der Waals surface area contributed by atoms with Crippen molar-refractivity contribution in [1.82, 2.24) is 5.32 Å². The van der Waals surface area contributed by atoms with Gasteiger partial charge >= 0.3 is 0 Å². The summed E-state index contributed by atoms with van der Waals surface area (Å²) in [4.78, 5) is 0. The van der Waals surface area contributed by atoms with E-state index in [4.69, 9.17) is 0 Å². The van der Waals surface area contributed by atoms with Gasteiger partial charge in [0.15, 0.2) is 0 Å². The van der Waals surface area contributed by atoms with Gasteiger partial charge in [0.05, 0.1) is 0 Å². The van der Waals surface area contributed by atoms with Crippen LogP contribution in [0.2, 0.25) is 0 Å². The highest BCUT2D eigenvalue weighted by atomic mass is 14.9. The normalized spacial score (nSPS) is 21.3. The zero-order chi connectivity index (χ0) is 9.64. The van der Waals surface area contributed by atoms with E-state index in [0.29, 0.717) is 6.04 Å². The van der Waals surface area contributed by atoms with Gasteiger partial charge in [-0.3, -0.25) is 0 Å². The van der Waals surface area contributed by atoms with Gasteiger partial charge in [-0.05, 0) is 37.7 Å². The lowest BCUT2D eigenvalue weighted by Crippen LogP contribution is -2.13. The molecule has 0 aromatic heterocycles. The molecule has 75 valence electrons. The third-order valence-electron chi connectivity index (χ3n) is 2.93. The molecule has 0 N–H and O–H groups in total.